The maximum atomic E-state index is 13.6. The maximum absolute atomic E-state index is 13.6. The van der Waals surface area contributed by atoms with Crippen LogP contribution in [0.5, 0.6) is 11.5 Å². The zero-order valence-electron chi connectivity index (χ0n) is 21.9. The van der Waals surface area contributed by atoms with Gasteiger partial charge >= 0.3 is 0 Å². The molecule has 4 aromatic rings. The topological polar surface area (TPSA) is 102 Å². The normalized spacial score (nSPS) is 15.1. The lowest BCUT2D eigenvalue weighted by Crippen LogP contribution is -2.31. The van der Waals surface area contributed by atoms with E-state index >= 15 is 0 Å². The molecule has 40 heavy (non-hydrogen) atoms. The third kappa shape index (κ3) is 5.77. The van der Waals surface area contributed by atoms with Gasteiger partial charge in [-0.05, 0) is 48.1 Å². The molecule has 8 nitrogen and oxygen atoms in total. The molecule has 1 aliphatic heterocycles. The number of benzene rings is 2. The molecule has 206 valence electrons. The quantitative estimate of drug-likeness (QED) is 0.108. The number of rotatable bonds is 12. The number of hydrogen-bond acceptors (Lipinski definition) is 10. The van der Waals surface area contributed by atoms with E-state index in [9.17, 15) is 14.7 Å². The van der Waals surface area contributed by atoms with Gasteiger partial charge in [0.1, 0.15) is 0 Å². The predicted octanol–water partition coefficient (Wildman–Crippen LogP) is 6.86. The van der Waals surface area contributed by atoms with Crippen LogP contribution in [0.2, 0.25) is 0 Å². The van der Waals surface area contributed by atoms with Crippen molar-refractivity contribution in [3.05, 3.63) is 93.4 Å². The van der Waals surface area contributed by atoms with Gasteiger partial charge in [-0.3, -0.25) is 14.5 Å². The number of aliphatic hydroxyl groups excluding tert-OH is 1. The number of thioether (sulfide) groups is 1. The first-order chi connectivity index (χ1) is 19.5. The Kier molecular flexibility index (Phi) is 8.83. The predicted molar refractivity (Wildman–Crippen MR) is 158 cm³/mol. The van der Waals surface area contributed by atoms with Gasteiger partial charge in [0.2, 0.25) is 10.9 Å². The lowest BCUT2D eigenvalue weighted by atomic mass is 9.95. The number of amides is 1. The summed E-state index contributed by atoms with van der Waals surface area (Å²) in [6.45, 7) is 4.81. The molecular weight excluding hydrogens is 567 g/mol. The summed E-state index contributed by atoms with van der Waals surface area (Å²) in [5, 5.41) is 21.7. The highest BCUT2D eigenvalue weighted by molar-refractivity contribution is 8.00. The van der Waals surface area contributed by atoms with E-state index in [2.05, 4.69) is 10.2 Å². The molecule has 0 fully saturated rings. The van der Waals surface area contributed by atoms with Crippen molar-refractivity contribution in [3.8, 4) is 11.5 Å². The van der Waals surface area contributed by atoms with Gasteiger partial charge in [0.15, 0.2) is 21.6 Å². The summed E-state index contributed by atoms with van der Waals surface area (Å²) in [6, 6.07) is 17.8. The molecule has 0 radical (unpaired) electrons. The van der Waals surface area contributed by atoms with Crippen LogP contribution in [-0.2, 0) is 10.5 Å². The molecule has 1 atom stereocenters. The summed E-state index contributed by atoms with van der Waals surface area (Å²) in [6.07, 6.45) is 0.829. The van der Waals surface area contributed by atoms with Crippen molar-refractivity contribution in [1.29, 1.82) is 0 Å². The number of ether oxygens (including phenoxy) is 2. The number of carbonyl (C=O) groups is 2. The Morgan fingerprint density at radius 2 is 1.88 bits per heavy atom. The highest BCUT2D eigenvalue weighted by Gasteiger charge is 2.46. The fourth-order valence-corrected chi connectivity index (χ4v) is 6.76. The van der Waals surface area contributed by atoms with Crippen molar-refractivity contribution >= 4 is 51.3 Å². The minimum Gasteiger partial charge on any atom is -0.503 e. The van der Waals surface area contributed by atoms with Gasteiger partial charge < -0.3 is 14.6 Å². The van der Waals surface area contributed by atoms with Crippen LogP contribution >= 0.6 is 34.4 Å². The minimum absolute atomic E-state index is 0.00851. The zero-order chi connectivity index (χ0) is 28.1. The molecule has 1 N–H and O–H groups in total. The van der Waals surface area contributed by atoms with E-state index in [0.717, 1.165) is 12.0 Å². The van der Waals surface area contributed by atoms with Gasteiger partial charge in [-0.15, -0.1) is 21.5 Å². The monoisotopic (exact) mass is 593 g/mol. The minimum atomic E-state index is -0.929. The average molecular weight is 594 g/mol. The molecule has 0 saturated carbocycles. The third-order valence-corrected chi connectivity index (χ3v) is 9.05. The number of hydrogen-bond donors (Lipinski definition) is 1. The van der Waals surface area contributed by atoms with Gasteiger partial charge in [-0.1, -0.05) is 72.5 Å². The van der Waals surface area contributed by atoms with Crippen LogP contribution in [0.25, 0.3) is 0 Å². The van der Waals surface area contributed by atoms with E-state index in [-0.39, 0.29) is 10.7 Å². The maximum Gasteiger partial charge on any atom is 0.296 e. The van der Waals surface area contributed by atoms with E-state index in [1.807, 2.05) is 44.2 Å². The molecule has 0 saturated heterocycles. The zero-order valence-corrected chi connectivity index (χ0v) is 24.4. The van der Waals surface area contributed by atoms with Gasteiger partial charge in [0.05, 0.1) is 29.7 Å². The lowest BCUT2D eigenvalue weighted by Gasteiger charge is -2.25. The molecule has 2 aromatic heterocycles. The van der Waals surface area contributed by atoms with Crippen molar-refractivity contribution < 1.29 is 24.2 Å². The van der Waals surface area contributed by atoms with Crippen LogP contribution in [0.3, 0.4) is 0 Å². The number of Topliss-reactive ketones (excluding diaryl/α,β-unsaturated/α-hetero) is 1. The van der Waals surface area contributed by atoms with Gasteiger partial charge in [0, 0.05) is 5.75 Å². The SMILES string of the molecule is CCCOc1ccc(C2C(C(=O)c3cccs3)=C(O)C(=O)N2c2nnc(SCc3ccccc3)s2)cc1OCC. The molecule has 3 heterocycles. The smallest absolute Gasteiger partial charge is 0.296 e. The molecule has 0 spiro atoms. The summed E-state index contributed by atoms with van der Waals surface area (Å²) in [7, 11) is 0. The average Bonchev–Trinajstić information content (AvgIpc) is 3.73. The number of thiophene rings is 1. The molecule has 1 aliphatic rings. The standard InChI is InChI=1S/C29H27N3O5S3/c1-3-14-37-20-13-12-19(16-21(20)36-4-2)24-23(25(33)22-11-8-15-38-22)26(34)27(35)32(24)28-30-31-29(40-28)39-17-18-9-6-5-7-10-18/h5-13,15-16,24,34H,3-4,14,17H2,1-2H3. The van der Waals surface area contributed by atoms with Crippen LogP contribution in [0.4, 0.5) is 5.13 Å². The highest BCUT2D eigenvalue weighted by Crippen LogP contribution is 2.45. The molecule has 0 aliphatic carbocycles. The molecule has 2 aromatic carbocycles. The first kappa shape index (κ1) is 27.9. The van der Waals surface area contributed by atoms with Crippen LogP contribution < -0.4 is 14.4 Å². The van der Waals surface area contributed by atoms with Gasteiger partial charge in [-0.25, -0.2) is 0 Å². The number of aromatic nitrogens is 2. The molecule has 0 bridgehead atoms. The van der Waals surface area contributed by atoms with Crippen LogP contribution in [0, 0.1) is 0 Å². The van der Waals surface area contributed by atoms with Crippen molar-refractivity contribution in [1.82, 2.24) is 10.2 Å². The molecule has 1 amide bonds. The summed E-state index contributed by atoms with van der Waals surface area (Å²) in [4.78, 5) is 28.9. The van der Waals surface area contributed by atoms with Crippen LogP contribution in [0.15, 0.2) is 81.7 Å². The second kappa shape index (κ2) is 12.7. The number of aliphatic hydroxyl groups is 1. The molecule has 11 heteroatoms. The Morgan fingerprint density at radius 1 is 1.05 bits per heavy atom. The van der Waals surface area contributed by atoms with Crippen molar-refractivity contribution in [3.63, 3.8) is 0 Å². The van der Waals surface area contributed by atoms with E-state index < -0.39 is 23.5 Å². The summed E-state index contributed by atoms with van der Waals surface area (Å²) in [5.74, 6) is 0.0341. The van der Waals surface area contributed by atoms with Crippen molar-refractivity contribution in [2.45, 2.75) is 36.4 Å². The van der Waals surface area contributed by atoms with E-state index in [0.29, 0.717) is 45.2 Å². The molecular formula is C29H27N3O5S3. The number of anilines is 1. The lowest BCUT2D eigenvalue weighted by molar-refractivity contribution is -0.117. The fourth-order valence-electron chi connectivity index (χ4n) is 4.26. The highest BCUT2D eigenvalue weighted by atomic mass is 32.2. The Bertz CT molecular complexity index is 1520. The van der Waals surface area contributed by atoms with Crippen LogP contribution in [-0.4, -0.2) is 40.2 Å². The Morgan fingerprint density at radius 3 is 2.60 bits per heavy atom. The Hall–Kier alpha value is -3.67. The number of ketones is 1. The first-order valence-electron chi connectivity index (χ1n) is 12.8. The number of carbonyl (C=O) groups excluding carboxylic acids is 2. The summed E-state index contributed by atoms with van der Waals surface area (Å²) >= 11 is 3.99. The summed E-state index contributed by atoms with van der Waals surface area (Å²) in [5.41, 5.74) is 1.71. The molecule has 1 unspecified atom stereocenters. The molecule has 5 rings (SSSR count). The first-order valence-corrected chi connectivity index (χ1v) is 15.4. The van der Waals surface area contributed by atoms with Crippen molar-refractivity contribution in [2.24, 2.45) is 0 Å². The second-order valence-electron chi connectivity index (χ2n) is 8.76. The Balaban J connectivity index is 1.53. The number of nitrogens with zero attached hydrogens (tertiary/aromatic N) is 3. The van der Waals surface area contributed by atoms with E-state index in [1.54, 1.807) is 35.7 Å². The van der Waals surface area contributed by atoms with Gasteiger partial charge in [-0.2, -0.15) is 0 Å². The van der Waals surface area contributed by atoms with E-state index in [4.69, 9.17) is 9.47 Å². The van der Waals surface area contributed by atoms with Crippen LogP contribution in [0.1, 0.15) is 47.1 Å². The Labute approximate surface area is 244 Å². The third-order valence-electron chi connectivity index (χ3n) is 6.05. The second-order valence-corrected chi connectivity index (χ2v) is 11.9. The summed E-state index contributed by atoms with van der Waals surface area (Å²) < 4.78 is 12.4. The largest absolute Gasteiger partial charge is 0.503 e. The van der Waals surface area contributed by atoms with E-state index in [1.165, 1.54) is 39.3 Å². The fraction of sp³-hybridized carbons (Fsp3) is 0.241. The van der Waals surface area contributed by atoms with Crippen molar-refractivity contribution in [2.75, 3.05) is 18.1 Å². The van der Waals surface area contributed by atoms with Gasteiger partial charge in [0.25, 0.3) is 5.91 Å².